The lowest BCUT2D eigenvalue weighted by Gasteiger charge is -2.28. The minimum absolute atomic E-state index is 0.125. The zero-order valence-electron chi connectivity index (χ0n) is 14.1. The van der Waals surface area contributed by atoms with Crippen LogP contribution in [-0.4, -0.2) is 30.5 Å². The molecule has 0 amide bonds. The van der Waals surface area contributed by atoms with Gasteiger partial charge in [-0.2, -0.15) is 0 Å². The van der Waals surface area contributed by atoms with Gasteiger partial charge in [0.05, 0.1) is 12.7 Å². The Morgan fingerprint density at radius 2 is 1.90 bits per heavy atom. The van der Waals surface area contributed by atoms with Crippen LogP contribution in [0.2, 0.25) is 0 Å². The van der Waals surface area contributed by atoms with E-state index in [1.165, 1.54) is 0 Å². The molecule has 0 aromatic heterocycles. The van der Waals surface area contributed by atoms with E-state index < -0.39 is 5.60 Å². The third-order valence-corrected chi connectivity index (χ3v) is 3.74. The van der Waals surface area contributed by atoms with E-state index in [1.807, 2.05) is 32.0 Å². The molecular formula is C17H29NO3. The Kier molecular flexibility index (Phi) is 6.49. The van der Waals surface area contributed by atoms with Gasteiger partial charge in [-0.1, -0.05) is 33.8 Å². The summed E-state index contributed by atoms with van der Waals surface area (Å²) in [5, 5.41) is 13.7. The van der Waals surface area contributed by atoms with Crippen LogP contribution in [0.1, 0.15) is 40.2 Å². The molecule has 0 saturated heterocycles. The van der Waals surface area contributed by atoms with E-state index in [0.29, 0.717) is 6.04 Å². The van der Waals surface area contributed by atoms with Crippen LogP contribution in [0.5, 0.6) is 11.5 Å². The monoisotopic (exact) mass is 295 g/mol. The van der Waals surface area contributed by atoms with Crippen LogP contribution >= 0.6 is 0 Å². The maximum Gasteiger partial charge on any atom is 0.127 e. The zero-order valence-corrected chi connectivity index (χ0v) is 14.1. The standard InChI is InChI=1S/C17H29NO3/c1-12(2)17(5,19)11-21-16-9-15(20-6)8-7-14(16)10-18-13(3)4/h7-9,12-13,18-19H,10-11H2,1-6H3. The SMILES string of the molecule is COc1ccc(CNC(C)C)c(OCC(C)(O)C(C)C)c1. The van der Waals surface area contributed by atoms with Gasteiger partial charge in [0.15, 0.2) is 0 Å². The van der Waals surface area contributed by atoms with Gasteiger partial charge in [0.1, 0.15) is 18.1 Å². The van der Waals surface area contributed by atoms with Crippen molar-refractivity contribution >= 4 is 0 Å². The first-order valence-corrected chi connectivity index (χ1v) is 7.51. The highest BCUT2D eigenvalue weighted by atomic mass is 16.5. The van der Waals surface area contributed by atoms with E-state index in [9.17, 15) is 5.11 Å². The average molecular weight is 295 g/mol. The van der Waals surface area contributed by atoms with Crippen molar-refractivity contribution in [3.63, 3.8) is 0 Å². The van der Waals surface area contributed by atoms with Gasteiger partial charge in [0.2, 0.25) is 0 Å². The second-order valence-corrected chi connectivity index (χ2v) is 6.31. The number of hydrogen-bond donors (Lipinski definition) is 2. The summed E-state index contributed by atoms with van der Waals surface area (Å²) in [5.74, 6) is 1.63. The van der Waals surface area contributed by atoms with Crippen molar-refractivity contribution in [3.05, 3.63) is 23.8 Å². The highest BCUT2D eigenvalue weighted by molar-refractivity contribution is 5.40. The summed E-state index contributed by atoms with van der Waals surface area (Å²) in [6.07, 6.45) is 0. The molecule has 1 aromatic rings. The second-order valence-electron chi connectivity index (χ2n) is 6.31. The minimum atomic E-state index is -0.855. The molecule has 1 rings (SSSR count). The van der Waals surface area contributed by atoms with Crippen LogP contribution < -0.4 is 14.8 Å². The Hall–Kier alpha value is -1.26. The lowest BCUT2D eigenvalue weighted by atomic mass is 9.94. The van der Waals surface area contributed by atoms with Crippen LogP contribution in [0, 0.1) is 5.92 Å². The van der Waals surface area contributed by atoms with Crippen LogP contribution in [-0.2, 0) is 6.54 Å². The molecule has 0 saturated carbocycles. The van der Waals surface area contributed by atoms with Crippen molar-refractivity contribution in [1.82, 2.24) is 5.32 Å². The Labute approximate surface area is 128 Å². The van der Waals surface area contributed by atoms with E-state index in [4.69, 9.17) is 9.47 Å². The van der Waals surface area contributed by atoms with Gasteiger partial charge >= 0.3 is 0 Å². The molecular weight excluding hydrogens is 266 g/mol. The predicted molar refractivity (Wildman–Crippen MR) is 85.9 cm³/mol. The van der Waals surface area contributed by atoms with Crippen LogP contribution in [0.3, 0.4) is 0 Å². The van der Waals surface area contributed by atoms with Crippen molar-refractivity contribution in [1.29, 1.82) is 0 Å². The van der Waals surface area contributed by atoms with Crippen molar-refractivity contribution in [2.45, 2.75) is 52.8 Å². The molecule has 1 atom stereocenters. The second kappa shape index (κ2) is 7.66. The summed E-state index contributed by atoms with van der Waals surface area (Å²) in [4.78, 5) is 0. The number of ether oxygens (including phenoxy) is 2. The first-order chi connectivity index (χ1) is 9.76. The summed E-state index contributed by atoms with van der Waals surface area (Å²) in [5.41, 5.74) is 0.204. The quantitative estimate of drug-likeness (QED) is 0.774. The zero-order chi connectivity index (χ0) is 16.0. The molecule has 0 bridgehead atoms. The summed E-state index contributed by atoms with van der Waals surface area (Å²) in [6, 6.07) is 6.19. The molecule has 0 aliphatic carbocycles. The lowest BCUT2D eigenvalue weighted by molar-refractivity contribution is -0.0269. The number of methoxy groups -OCH3 is 1. The Morgan fingerprint density at radius 1 is 1.24 bits per heavy atom. The highest BCUT2D eigenvalue weighted by Crippen LogP contribution is 2.27. The average Bonchev–Trinajstić information content (AvgIpc) is 2.43. The smallest absolute Gasteiger partial charge is 0.127 e. The van der Waals surface area contributed by atoms with Gasteiger partial charge in [-0.25, -0.2) is 0 Å². The van der Waals surface area contributed by atoms with Gasteiger partial charge in [-0.15, -0.1) is 0 Å². The number of benzene rings is 1. The predicted octanol–water partition coefficient (Wildman–Crippen LogP) is 2.98. The first-order valence-electron chi connectivity index (χ1n) is 7.51. The van der Waals surface area contributed by atoms with Crippen LogP contribution in [0.4, 0.5) is 0 Å². The fraction of sp³-hybridized carbons (Fsp3) is 0.647. The third-order valence-electron chi connectivity index (χ3n) is 3.74. The van der Waals surface area contributed by atoms with Gasteiger partial charge < -0.3 is 19.9 Å². The Balaban J connectivity index is 2.86. The molecule has 120 valence electrons. The molecule has 1 aromatic carbocycles. The fourth-order valence-electron chi connectivity index (χ4n) is 1.65. The Morgan fingerprint density at radius 3 is 2.43 bits per heavy atom. The van der Waals surface area contributed by atoms with Crippen LogP contribution in [0.25, 0.3) is 0 Å². The van der Waals surface area contributed by atoms with Gasteiger partial charge in [-0.05, 0) is 18.9 Å². The van der Waals surface area contributed by atoms with Crippen molar-refractivity contribution < 1.29 is 14.6 Å². The van der Waals surface area contributed by atoms with Gasteiger partial charge in [0, 0.05) is 24.2 Å². The molecule has 0 fully saturated rings. The summed E-state index contributed by atoms with van der Waals surface area (Å²) >= 11 is 0. The highest BCUT2D eigenvalue weighted by Gasteiger charge is 2.26. The summed E-state index contributed by atoms with van der Waals surface area (Å²) in [6.45, 7) is 10.9. The maximum atomic E-state index is 10.3. The van der Waals surface area contributed by atoms with Crippen molar-refractivity contribution in [3.8, 4) is 11.5 Å². The number of aliphatic hydroxyl groups is 1. The van der Waals surface area contributed by atoms with E-state index in [-0.39, 0.29) is 12.5 Å². The topological polar surface area (TPSA) is 50.7 Å². The molecule has 0 heterocycles. The third kappa shape index (κ3) is 5.56. The van der Waals surface area contributed by atoms with Crippen molar-refractivity contribution in [2.75, 3.05) is 13.7 Å². The fourth-order valence-corrected chi connectivity index (χ4v) is 1.65. The Bertz CT molecular complexity index is 442. The molecule has 2 N–H and O–H groups in total. The molecule has 21 heavy (non-hydrogen) atoms. The normalized spacial score (nSPS) is 14.3. The van der Waals surface area contributed by atoms with E-state index in [0.717, 1.165) is 23.6 Å². The van der Waals surface area contributed by atoms with E-state index in [2.05, 4.69) is 19.2 Å². The number of hydrogen-bond acceptors (Lipinski definition) is 4. The van der Waals surface area contributed by atoms with E-state index in [1.54, 1.807) is 14.0 Å². The number of rotatable bonds is 8. The minimum Gasteiger partial charge on any atom is -0.497 e. The lowest BCUT2D eigenvalue weighted by Crippen LogP contribution is -2.38. The molecule has 0 radical (unpaired) electrons. The molecule has 0 aliphatic heterocycles. The molecule has 1 unspecified atom stereocenters. The summed E-state index contributed by atoms with van der Waals surface area (Å²) < 4.78 is 11.1. The van der Waals surface area contributed by atoms with Gasteiger partial charge in [-0.3, -0.25) is 0 Å². The molecule has 4 nitrogen and oxygen atoms in total. The van der Waals surface area contributed by atoms with Gasteiger partial charge in [0.25, 0.3) is 0 Å². The van der Waals surface area contributed by atoms with Crippen molar-refractivity contribution in [2.24, 2.45) is 5.92 Å². The summed E-state index contributed by atoms with van der Waals surface area (Å²) in [7, 11) is 1.63. The maximum absolute atomic E-state index is 10.3. The molecule has 4 heteroatoms. The largest absolute Gasteiger partial charge is 0.497 e. The first kappa shape index (κ1) is 17.8. The number of nitrogens with one attached hydrogen (secondary N) is 1. The van der Waals surface area contributed by atoms with Crippen LogP contribution in [0.15, 0.2) is 18.2 Å². The molecule has 0 spiro atoms. The van der Waals surface area contributed by atoms with E-state index >= 15 is 0 Å². The molecule has 0 aliphatic rings.